The molecule has 4 rings (SSSR count). The Kier molecular flexibility index (Phi) is 4.07. The number of rotatable bonds is 3. The van der Waals surface area contributed by atoms with Crippen LogP contribution in [0.4, 0.5) is 9.80 Å². The summed E-state index contributed by atoms with van der Waals surface area (Å²) in [6, 6.07) is 18.1. The van der Waals surface area contributed by atoms with Crippen LogP contribution in [0, 0.1) is 11.3 Å². The van der Waals surface area contributed by atoms with E-state index < -0.39 is 6.09 Å². The Balaban J connectivity index is 1.51. The smallest absolute Gasteiger partial charge is 0.412 e. The first kappa shape index (κ1) is 16.2. The van der Waals surface area contributed by atoms with Crippen LogP contribution in [0.3, 0.4) is 0 Å². The SMILES string of the molecule is N#Cc1c(O)csc1NC(=O)OCC1c2ccccc2-c2ccccc21. The van der Waals surface area contributed by atoms with Gasteiger partial charge in [0.25, 0.3) is 0 Å². The molecule has 2 aromatic carbocycles. The Morgan fingerprint density at radius 3 is 2.38 bits per heavy atom. The maximum atomic E-state index is 12.2. The van der Waals surface area contributed by atoms with Crippen LogP contribution in [0.5, 0.6) is 5.75 Å². The molecule has 6 heteroatoms. The minimum atomic E-state index is -0.648. The Hall–Kier alpha value is -3.30. The fraction of sp³-hybridized carbons (Fsp3) is 0.100. The van der Waals surface area contributed by atoms with Crippen LogP contribution < -0.4 is 5.32 Å². The molecule has 0 bridgehead atoms. The summed E-state index contributed by atoms with van der Waals surface area (Å²) >= 11 is 1.08. The van der Waals surface area contributed by atoms with E-state index in [1.54, 1.807) is 0 Å². The summed E-state index contributed by atoms with van der Waals surface area (Å²) in [6.45, 7) is 0.194. The van der Waals surface area contributed by atoms with Crippen molar-refractivity contribution in [3.8, 4) is 22.9 Å². The average molecular weight is 362 g/mol. The van der Waals surface area contributed by atoms with Gasteiger partial charge in [0.05, 0.1) is 0 Å². The zero-order valence-corrected chi connectivity index (χ0v) is 14.4. The quantitative estimate of drug-likeness (QED) is 0.708. The van der Waals surface area contributed by atoms with Crippen molar-refractivity contribution in [2.45, 2.75) is 5.92 Å². The molecule has 1 aliphatic carbocycles. The van der Waals surface area contributed by atoms with Crippen LogP contribution in [0.2, 0.25) is 0 Å². The van der Waals surface area contributed by atoms with Crippen molar-refractivity contribution in [1.82, 2.24) is 0 Å². The number of nitrogens with one attached hydrogen (secondary N) is 1. The van der Waals surface area contributed by atoms with Crippen molar-refractivity contribution in [2.75, 3.05) is 11.9 Å². The fourth-order valence-electron chi connectivity index (χ4n) is 3.28. The third-order valence-electron chi connectivity index (χ3n) is 4.44. The van der Waals surface area contributed by atoms with E-state index in [9.17, 15) is 9.90 Å². The molecule has 0 fully saturated rings. The summed E-state index contributed by atoms with van der Waals surface area (Å²) in [5, 5.41) is 22.8. The number of anilines is 1. The molecular formula is C20H14N2O3S. The Bertz CT molecular complexity index is 990. The molecule has 1 aliphatic rings. The second-order valence-electron chi connectivity index (χ2n) is 5.89. The monoisotopic (exact) mass is 362 g/mol. The number of benzene rings is 2. The molecule has 1 heterocycles. The molecule has 0 unspecified atom stereocenters. The van der Waals surface area contributed by atoms with Crippen molar-refractivity contribution < 1.29 is 14.6 Å². The molecule has 0 spiro atoms. The topological polar surface area (TPSA) is 82.4 Å². The van der Waals surface area contributed by atoms with E-state index in [1.807, 2.05) is 42.5 Å². The molecule has 0 saturated carbocycles. The van der Waals surface area contributed by atoms with Gasteiger partial charge in [0.1, 0.15) is 29.0 Å². The Morgan fingerprint density at radius 1 is 1.15 bits per heavy atom. The molecule has 2 N–H and O–H groups in total. The first-order valence-corrected chi connectivity index (χ1v) is 8.89. The third-order valence-corrected chi connectivity index (χ3v) is 5.33. The van der Waals surface area contributed by atoms with E-state index in [4.69, 9.17) is 10.00 Å². The predicted molar refractivity (Wildman–Crippen MR) is 99.4 cm³/mol. The minimum Gasteiger partial charge on any atom is -0.506 e. The van der Waals surface area contributed by atoms with Gasteiger partial charge in [0.2, 0.25) is 0 Å². The molecule has 5 nitrogen and oxygen atoms in total. The van der Waals surface area contributed by atoms with Crippen molar-refractivity contribution >= 4 is 22.4 Å². The maximum Gasteiger partial charge on any atom is 0.412 e. The standard InChI is InChI=1S/C20H14N2O3S/c21-9-16-18(23)11-26-19(16)22-20(24)25-10-17-14-7-3-1-5-12(14)13-6-2-4-8-15(13)17/h1-8,11,17,23H,10H2,(H,22,24). The third kappa shape index (κ3) is 2.68. The molecule has 1 amide bonds. The Labute approximate surface area is 154 Å². The number of nitriles is 1. The number of carbonyl (C=O) groups is 1. The predicted octanol–water partition coefficient (Wildman–Crippen LogP) is 4.69. The lowest BCUT2D eigenvalue weighted by molar-refractivity contribution is 0.158. The summed E-state index contributed by atoms with van der Waals surface area (Å²) in [6.07, 6.45) is -0.648. The van der Waals surface area contributed by atoms with Crippen LogP contribution >= 0.6 is 11.3 Å². The van der Waals surface area contributed by atoms with E-state index >= 15 is 0 Å². The van der Waals surface area contributed by atoms with Crippen LogP contribution in [0.1, 0.15) is 22.6 Å². The lowest BCUT2D eigenvalue weighted by Gasteiger charge is -2.14. The van der Waals surface area contributed by atoms with Crippen LogP contribution in [0.25, 0.3) is 11.1 Å². The zero-order valence-electron chi connectivity index (χ0n) is 13.6. The van der Waals surface area contributed by atoms with E-state index in [0.29, 0.717) is 0 Å². The van der Waals surface area contributed by atoms with Gasteiger partial charge < -0.3 is 9.84 Å². The number of thiophene rings is 1. The first-order valence-electron chi connectivity index (χ1n) is 8.01. The van der Waals surface area contributed by atoms with Gasteiger partial charge in [-0.1, -0.05) is 48.5 Å². The fourth-order valence-corrected chi connectivity index (χ4v) is 4.03. The molecule has 3 aromatic rings. The number of fused-ring (bicyclic) bond motifs is 3. The van der Waals surface area contributed by atoms with Gasteiger partial charge >= 0.3 is 6.09 Å². The highest BCUT2D eigenvalue weighted by Crippen LogP contribution is 2.44. The molecule has 0 radical (unpaired) electrons. The van der Waals surface area contributed by atoms with E-state index in [-0.39, 0.29) is 28.8 Å². The largest absolute Gasteiger partial charge is 0.506 e. The van der Waals surface area contributed by atoms with Crippen molar-refractivity contribution in [3.05, 3.63) is 70.6 Å². The van der Waals surface area contributed by atoms with Gasteiger partial charge in [-0.2, -0.15) is 5.26 Å². The molecular weight excluding hydrogens is 348 g/mol. The van der Waals surface area contributed by atoms with Crippen molar-refractivity contribution in [1.29, 1.82) is 5.26 Å². The number of hydrogen-bond donors (Lipinski definition) is 2. The van der Waals surface area contributed by atoms with Gasteiger partial charge in [-0.25, -0.2) is 4.79 Å². The maximum absolute atomic E-state index is 12.2. The van der Waals surface area contributed by atoms with Crippen LogP contribution in [-0.2, 0) is 4.74 Å². The number of hydrogen-bond acceptors (Lipinski definition) is 5. The van der Waals surface area contributed by atoms with Gasteiger partial charge in [-0.15, -0.1) is 11.3 Å². The minimum absolute atomic E-state index is 0.0275. The molecule has 0 saturated heterocycles. The summed E-state index contributed by atoms with van der Waals surface area (Å²) in [4.78, 5) is 12.2. The summed E-state index contributed by atoms with van der Waals surface area (Å²) < 4.78 is 5.42. The highest BCUT2D eigenvalue weighted by atomic mass is 32.1. The van der Waals surface area contributed by atoms with E-state index in [2.05, 4.69) is 17.4 Å². The van der Waals surface area contributed by atoms with Gasteiger partial charge in [0.15, 0.2) is 0 Å². The lowest BCUT2D eigenvalue weighted by atomic mass is 9.98. The normalized spacial score (nSPS) is 12.1. The first-order chi connectivity index (χ1) is 12.7. The molecule has 26 heavy (non-hydrogen) atoms. The van der Waals surface area contributed by atoms with Crippen molar-refractivity contribution in [2.24, 2.45) is 0 Å². The molecule has 0 aliphatic heterocycles. The van der Waals surface area contributed by atoms with E-state index in [1.165, 1.54) is 5.38 Å². The second kappa shape index (κ2) is 6.54. The second-order valence-corrected chi connectivity index (χ2v) is 6.77. The van der Waals surface area contributed by atoms with E-state index in [0.717, 1.165) is 33.6 Å². The highest BCUT2D eigenvalue weighted by Gasteiger charge is 2.29. The lowest BCUT2D eigenvalue weighted by Crippen LogP contribution is -2.17. The number of carbonyl (C=O) groups excluding carboxylic acids is 1. The molecule has 1 aromatic heterocycles. The summed E-state index contributed by atoms with van der Waals surface area (Å²) in [5.74, 6) is -0.174. The van der Waals surface area contributed by atoms with Gasteiger partial charge in [0, 0.05) is 11.3 Å². The van der Waals surface area contributed by atoms with Crippen LogP contribution in [-0.4, -0.2) is 17.8 Å². The molecule has 0 atom stereocenters. The van der Waals surface area contributed by atoms with Crippen LogP contribution in [0.15, 0.2) is 53.9 Å². The molecule has 128 valence electrons. The average Bonchev–Trinajstić information content (AvgIpc) is 3.17. The zero-order chi connectivity index (χ0) is 18.1. The van der Waals surface area contributed by atoms with Gasteiger partial charge in [-0.05, 0) is 22.3 Å². The summed E-state index contributed by atoms with van der Waals surface area (Å²) in [7, 11) is 0. The Morgan fingerprint density at radius 2 is 1.77 bits per heavy atom. The highest BCUT2D eigenvalue weighted by molar-refractivity contribution is 7.15. The number of aromatic hydroxyl groups is 1. The van der Waals surface area contributed by atoms with Gasteiger partial charge in [-0.3, -0.25) is 5.32 Å². The number of amides is 1. The number of nitrogens with zero attached hydrogens (tertiary/aromatic N) is 1. The van der Waals surface area contributed by atoms with Crippen molar-refractivity contribution in [3.63, 3.8) is 0 Å². The number of ether oxygens (including phenoxy) is 1. The summed E-state index contributed by atoms with van der Waals surface area (Å²) in [5.41, 5.74) is 4.63.